The van der Waals surface area contributed by atoms with E-state index in [2.05, 4.69) is 82.3 Å². The molecule has 1 N–H and O–H groups in total. The Morgan fingerprint density at radius 1 is 1.07 bits per heavy atom. The van der Waals surface area contributed by atoms with E-state index in [1.165, 1.54) is 16.9 Å². The minimum atomic E-state index is 0.0308. The first-order valence-electron chi connectivity index (χ1n) is 9.92. The van der Waals surface area contributed by atoms with E-state index in [1.807, 2.05) is 18.3 Å². The number of rotatable bonds is 6. The summed E-state index contributed by atoms with van der Waals surface area (Å²) in [6.07, 6.45) is 6.25. The van der Waals surface area contributed by atoms with E-state index in [0.29, 0.717) is 0 Å². The van der Waals surface area contributed by atoms with Crippen molar-refractivity contribution in [3.8, 4) is 5.69 Å². The quantitative estimate of drug-likeness (QED) is 0.604. The lowest BCUT2D eigenvalue weighted by Gasteiger charge is -2.29. The predicted molar refractivity (Wildman–Crippen MR) is 118 cm³/mol. The topological polar surface area (TPSA) is 33.1 Å². The number of thiocarbonyl (C=S) groups is 1. The van der Waals surface area contributed by atoms with Gasteiger partial charge in [0.15, 0.2) is 5.11 Å². The number of pyridine rings is 1. The maximum absolute atomic E-state index is 5.75. The predicted octanol–water partition coefficient (Wildman–Crippen LogP) is 4.95. The van der Waals surface area contributed by atoms with Crippen LogP contribution in [0.2, 0.25) is 0 Å². The number of aromatic nitrogens is 2. The molecule has 0 bridgehead atoms. The number of nitrogens with zero attached hydrogens (tertiary/aromatic N) is 3. The molecule has 1 aromatic carbocycles. The molecule has 4 nitrogen and oxygen atoms in total. The Hall–Kier alpha value is -2.66. The first kappa shape index (κ1) is 18.7. The summed E-state index contributed by atoms with van der Waals surface area (Å²) >= 11 is 5.75. The molecule has 1 saturated heterocycles. The second kappa shape index (κ2) is 8.15. The van der Waals surface area contributed by atoms with E-state index in [-0.39, 0.29) is 12.1 Å². The Morgan fingerprint density at radius 2 is 1.89 bits per heavy atom. The molecule has 2 aromatic heterocycles. The highest BCUT2D eigenvalue weighted by Gasteiger charge is 2.40. The van der Waals surface area contributed by atoms with Crippen LogP contribution in [0.3, 0.4) is 0 Å². The summed E-state index contributed by atoms with van der Waals surface area (Å²) in [5, 5.41) is 4.35. The third-order valence-corrected chi connectivity index (χ3v) is 5.76. The molecular formula is C23H26N4S. The maximum atomic E-state index is 5.75. The Kier molecular flexibility index (Phi) is 5.44. The van der Waals surface area contributed by atoms with Gasteiger partial charge in [0.25, 0.3) is 0 Å². The Labute approximate surface area is 172 Å². The van der Waals surface area contributed by atoms with Gasteiger partial charge in [-0.15, -0.1) is 0 Å². The fraction of sp³-hybridized carbons (Fsp3) is 0.304. The van der Waals surface area contributed by atoms with Crippen LogP contribution in [0.1, 0.15) is 48.8 Å². The summed E-state index contributed by atoms with van der Waals surface area (Å²) in [6.45, 7) is 5.31. The Morgan fingerprint density at radius 3 is 2.64 bits per heavy atom. The molecule has 1 fully saturated rings. The van der Waals surface area contributed by atoms with E-state index in [1.54, 1.807) is 0 Å². The van der Waals surface area contributed by atoms with Crippen molar-refractivity contribution in [2.24, 2.45) is 0 Å². The van der Waals surface area contributed by atoms with Crippen molar-refractivity contribution in [3.05, 3.63) is 83.9 Å². The number of para-hydroxylation sites is 1. The van der Waals surface area contributed by atoms with Gasteiger partial charge in [0.2, 0.25) is 0 Å². The highest BCUT2D eigenvalue weighted by molar-refractivity contribution is 7.80. The van der Waals surface area contributed by atoms with E-state index >= 15 is 0 Å². The first-order valence-corrected chi connectivity index (χ1v) is 10.3. The molecule has 0 aliphatic carbocycles. The van der Waals surface area contributed by atoms with Crippen molar-refractivity contribution < 1.29 is 0 Å². The van der Waals surface area contributed by atoms with Crippen molar-refractivity contribution in [2.75, 3.05) is 6.54 Å². The molecular weight excluding hydrogens is 364 g/mol. The number of benzene rings is 1. The lowest BCUT2D eigenvalue weighted by Crippen LogP contribution is -2.31. The van der Waals surface area contributed by atoms with Gasteiger partial charge in [-0.25, -0.2) is 0 Å². The SMILES string of the molecule is CCCCN1C(=S)N[C@@H](c2ccccn2)[C@H]1c1cccn1-c1ccccc1C. The zero-order chi connectivity index (χ0) is 19.5. The van der Waals surface area contributed by atoms with Gasteiger partial charge >= 0.3 is 0 Å². The summed E-state index contributed by atoms with van der Waals surface area (Å²) in [6, 6.07) is 19.0. The highest BCUT2D eigenvalue weighted by Crippen LogP contribution is 2.39. The van der Waals surface area contributed by atoms with Gasteiger partial charge in [0.05, 0.1) is 17.8 Å². The fourth-order valence-electron chi connectivity index (χ4n) is 3.98. The van der Waals surface area contributed by atoms with E-state index in [0.717, 1.165) is 30.2 Å². The standard InChI is InChI=1S/C23H26N4S/c1-3-4-15-27-22(21(25-23(27)28)18-11-7-8-14-24-18)20-13-9-16-26(20)19-12-6-5-10-17(19)2/h5-14,16,21-22H,3-4,15H2,1-2H3,(H,25,28)/t21-,22+/m0/s1. The molecule has 144 valence electrons. The van der Waals surface area contributed by atoms with Gasteiger partial charge in [0, 0.05) is 30.3 Å². The van der Waals surface area contributed by atoms with Crippen LogP contribution in [0.15, 0.2) is 67.0 Å². The first-order chi connectivity index (χ1) is 13.7. The van der Waals surface area contributed by atoms with E-state index in [4.69, 9.17) is 12.2 Å². The molecule has 1 aliphatic heterocycles. The second-order valence-corrected chi connectivity index (χ2v) is 7.65. The normalized spacial score (nSPS) is 19.1. The third kappa shape index (κ3) is 3.42. The van der Waals surface area contributed by atoms with Crippen molar-refractivity contribution in [3.63, 3.8) is 0 Å². The monoisotopic (exact) mass is 390 g/mol. The number of hydrogen-bond acceptors (Lipinski definition) is 2. The smallest absolute Gasteiger partial charge is 0.170 e. The van der Waals surface area contributed by atoms with Crippen molar-refractivity contribution in [1.29, 1.82) is 0 Å². The van der Waals surface area contributed by atoms with Gasteiger partial charge in [-0.3, -0.25) is 4.98 Å². The van der Waals surface area contributed by atoms with Gasteiger partial charge < -0.3 is 14.8 Å². The van der Waals surface area contributed by atoms with Crippen molar-refractivity contribution >= 4 is 17.3 Å². The number of nitrogens with one attached hydrogen (secondary N) is 1. The van der Waals surface area contributed by atoms with Crippen LogP contribution in [0, 0.1) is 6.92 Å². The van der Waals surface area contributed by atoms with Crippen molar-refractivity contribution in [2.45, 2.75) is 38.8 Å². The zero-order valence-electron chi connectivity index (χ0n) is 16.4. The van der Waals surface area contributed by atoms with E-state index < -0.39 is 0 Å². The van der Waals surface area contributed by atoms with Crippen LogP contribution in [-0.4, -0.2) is 26.1 Å². The molecule has 0 spiro atoms. The minimum absolute atomic E-state index is 0.0308. The molecule has 0 amide bonds. The Balaban J connectivity index is 1.81. The largest absolute Gasteiger partial charge is 0.352 e. The van der Waals surface area contributed by atoms with Gasteiger partial charge in [-0.05, 0) is 61.5 Å². The molecule has 0 unspecified atom stereocenters. The lowest BCUT2D eigenvalue weighted by atomic mass is 10.0. The maximum Gasteiger partial charge on any atom is 0.170 e. The number of unbranched alkanes of at least 4 members (excludes halogenated alkanes) is 1. The molecule has 0 radical (unpaired) electrons. The minimum Gasteiger partial charge on any atom is -0.352 e. The molecule has 2 atom stereocenters. The molecule has 4 rings (SSSR count). The zero-order valence-corrected chi connectivity index (χ0v) is 17.2. The molecule has 1 aliphatic rings. The van der Waals surface area contributed by atoms with Gasteiger partial charge in [-0.2, -0.15) is 0 Å². The van der Waals surface area contributed by atoms with Gasteiger partial charge in [0.1, 0.15) is 0 Å². The van der Waals surface area contributed by atoms with Crippen LogP contribution < -0.4 is 5.32 Å². The highest BCUT2D eigenvalue weighted by atomic mass is 32.1. The average Bonchev–Trinajstić information content (AvgIpc) is 3.31. The third-order valence-electron chi connectivity index (χ3n) is 5.41. The Bertz CT molecular complexity index is 950. The van der Waals surface area contributed by atoms with Crippen molar-refractivity contribution in [1.82, 2.24) is 19.8 Å². The van der Waals surface area contributed by atoms with Crippen LogP contribution in [0.4, 0.5) is 0 Å². The second-order valence-electron chi connectivity index (χ2n) is 7.26. The molecule has 5 heteroatoms. The van der Waals surface area contributed by atoms with E-state index in [9.17, 15) is 0 Å². The van der Waals surface area contributed by atoms with Crippen LogP contribution in [-0.2, 0) is 0 Å². The summed E-state index contributed by atoms with van der Waals surface area (Å²) in [7, 11) is 0. The summed E-state index contributed by atoms with van der Waals surface area (Å²) in [5.41, 5.74) is 4.71. The summed E-state index contributed by atoms with van der Waals surface area (Å²) in [4.78, 5) is 6.97. The average molecular weight is 391 g/mol. The summed E-state index contributed by atoms with van der Waals surface area (Å²) < 4.78 is 2.30. The molecule has 3 aromatic rings. The molecule has 28 heavy (non-hydrogen) atoms. The van der Waals surface area contributed by atoms with Gasteiger partial charge in [-0.1, -0.05) is 37.6 Å². The van der Waals surface area contributed by atoms with Crippen LogP contribution >= 0.6 is 12.2 Å². The molecule has 0 saturated carbocycles. The summed E-state index contributed by atoms with van der Waals surface area (Å²) in [5.74, 6) is 0. The van der Waals surface area contributed by atoms with Crippen LogP contribution in [0.5, 0.6) is 0 Å². The van der Waals surface area contributed by atoms with Crippen LogP contribution in [0.25, 0.3) is 5.69 Å². The molecule has 3 heterocycles. The fourth-order valence-corrected chi connectivity index (χ4v) is 4.32. The number of aryl methyl sites for hydroxylation is 1. The lowest BCUT2D eigenvalue weighted by molar-refractivity contribution is 0.304. The number of hydrogen-bond donors (Lipinski definition) is 1.